The molecule has 5 heteroatoms. The largest absolute Gasteiger partial charge is 0.304 e. The third kappa shape index (κ3) is 3.69. The Hall–Kier alpha value is -0.610. The Labute approximate surface area is 124 Å². The van der Waals surface area contributed by atoms with Gasteiger partial charge in [-0.05, 0) is 32.2 Å². The number of nitrogens with zero attached hydrogens (tertiary/aromatic N) is 2. The number of Topliss-reactive ketones (excluding diaryl/α,β-unsaturated/α-hetero) is 1. The lowest BCUT2D eigenvalue weighted by molar-refractivity contribution is 0.0747. The summed E-state index contributed by atoms with van der Waals surface area (Å²) in [7, 11) is 2.10. The summed E-state index contributed by atoms with van der Waals surface area (Å²) < 4.78 is 0. The molecule has 0 spiro atoms. The van der Waals surface area contributed by atoms with Gasteiger partial charge in [0.2, 0.25) is 0 Å². The highest BCUT2D eigenvalue weighted by molar-refractivity contribution is 6.36. The van der Waals surface area contributed by atoms with Gasteiger partial charge in [-0.25, -0.2) is 0 Å². The van der Waals surface area contributed by atoms with Crippen LogP contribution in [0.3, 0.4) is 0 Å². The molecule has 0 bridgehead atoms. The maximum Gasteiger partial charge on any atom is 0.178 e. The normalized spacial score (nSPS) is 21.6. The highest BCUT2D eigenvalue weighted by Crippen LogP contribution is 2.22. The van der Waals surface area contributed by atoms with Crippen molar-refractivity contribution in [2.24, 2.45) is 0 Å². The predicted molar refractivity (Wildman–Crippen MR) is 79.3 cm³/mol. The van der Waals surface area contributed by atoms with E-state index in [9.17, 15) is 4.79 Å². The molecule has 0 radical (unpaired) electrons. The van der Waals surface area contributed by atoms with E-state index in [2.05, 4.69) is 23.8 Å². The Kier molecular flexibility index (Phi) is 4.85. The van der Waals surface area contributed by atoms with E-state index in [0.29, 0.717) is 28.2 Å². The zero-order valence-electron chi connectivity index (χ0n) is 11.2. The van der Waals surface area contributed by atoms with E-state index >= 15 is 0 Å². The van der Waals surface area contributed by atoms with Gasteiger partial charge in [0.1, 0.15) is 0 Å². The number of ketones is 1. The standard InChI is InChI=1S/C14H18Cl2N2O/c1-10-8-17(2)5-6-18(10)9-14(19)12-4-3-11(15)7-13(12)16/h3-4,7,10H,5-6,8-9H2,1-2H3. The molecule has 0 N–H and O–H groups in total. The van der Waals surface area contributed by atoms with Crippen molar-refractivity contribution in [2.75, 3.05) is 33.2 Å². The second-order valence-electron chi connectivity index (χ2n) is 5.13. The first-order valence-electron chi connectivity index (χ1n) is 6.38. The smallest absolute Gasteiger partial charge is 0.178 e. The minimum absolute atomic E-state index is 0.0538. The zero-order chi connectivity index (χ0) is 14.0. The van der Waals surface area contributed by atoms with Crippen LogP contribution in [0.1, 0.15) is 17.3 Å². The van der Waals surface area contributed by atoms with E-state index in [0.717, 1.165) is 19.6 Å². The molecule has 0 saturated carbocycles. The van der Waals surface area contributed by atoms with Crippen LogP contribution in [0.25, 0.3) is 0 Å². The van der Waals surface area contributed by atoms with Crippen LogP contribution in [0.4, 0.5) is 0 Å². The molecule has 0 amide bonds. The van der Waals surface area contributed by atoms with Gasteiger partial charge in [-0.2, -0.15) is 0 Å². The van der Waals surface area contributed by atoms with Crippen LogP contribution in [-0.2, 0) is 0 Å². The van der Waals surface area contributed by atoms with Gasteiger partial charge in [0.15, 0.2) is 5.78 Å². The molecule has 0 aromatic heterocycles. The van der Waals surface area contributed by atoms with Gasteiger partial charge in [0, 0.05) is 36.3 Å². The molecule has 1 unspecified atom stereocenters. The lowest BCUT2D eigenvalue weighted by Crippen LogP contribution is -2.51. The monoisotopic (exact) mass is 300 g/mol. The van der Waals surface area contributed by atoms with E-state index in [4.69, 9.17) is 23.2 Å². The van der Waals surface area contributed by atoms with Crippen LogP contribution in [0.15, 0.2) is 18.2 Å². The molecule has 1 aliphatic rings. The number of halogens is 2. The van der Waals surface area contributed by atoms with Gasteiger partial charge in [0.25, 0.3) is 0 Å². The molecular weight excluding hydrogens is 283 g/mol. The van der Waals surface area contributed by atoms with Crippen molar-refractivity contribution < 1.29 is 4.79 Å². The average molecular weight is 301 g/mol. The fourth-order valence-electron chi connectivity index (χ4n) is 2.40. The maximum atomic E-state index is 12.3. The van der Waals surface area contributed by atoms with Crippen LogP contribution in [0.5, 0.6) is 0 Å². The Balaban J connectivity index is 2.04. The first-order valence-corrected chi connectivity index (χ1v) is 7.14. The number of carbonyl (C=O) groups is 1. The predicted octanol–water partition coefficient (Wildman–Crippen LogP) is 2.81. The molecule has 1 atom stereocenters. The molecule has 2 rings (SSSR count). The number of hydrogen-bond acceptors (Lipinski definition) is 3. The Morgan fingerprint density at radius 2 is 2.11 bits per heavy atom. The highest BCUT2D eigenvalue weighted by Gasteiger charge is 2.24. The lowest BCUT2D eigenvalue weighted by Gasteiger charge is -2.37. The number of likely N-dealkylation sites (N-methyl/N-ethyl adjacent to an activating group) is 1. The molecule has 19 heavy (non-hydrogen) atoms. The number of benzene rings is 1. The van der Waals surface area contributed by atoms with Crippen molar-refractivity contribution in [1.29, 1.82) is 0 Å². The summed E-state index contributed by atoms with van der Waals surface area (Å²) in [5.74, 6) is 0.0538. The molecular formula is C14H18Cl2N2O. The molecule has 3 nitrogen and oxygen atoms in total. The Morgan fingerprint density at radius 3 is 2.74 bits per heavy atom. The second-order valence-corrected chi connectivity index (χ2v) is 5.97. The van der Waals surface area contributed by atoms with Crippen LogP contribution < -0.4 is 0 Å². The number of piperazine rings is 1. The van der Waals surface area contributed by atoms with E-state index in [-0.39, 0.29) is 5.78 Å². The van der Waals surface area contributed by atoms with E-state index in [1.807, 2.05) is 0 Å². The van der Waals surface area contributed by atoms with Gasteiger partial charge in [-0.3, -0.25) is 9.69 Å². The Morgan fingerprint density at radius 1 is 1.37 bits per heavy atom. The third-order valence-electron chi connectivity index (χ3n) is 3.55. The average Bonchev–Trinajstić information content (AvgIpc) is 2.32. The van der Waals surface area contributed by atoms with Crippen molar-refractivity contribution in [1.82, 2.24) is 9.80 Å². The topological polar surface area (TPSA) is 23.6 Å². The first kappa shape index (κ1) is 14.8. The summed E-state index contributed by atoms with van der Waals surface area (Å²) >= 11 is 11.9. The molecule has 1 aromatic rings. The molecule has 1 aromatic carbocycles. The third-order valence-corrected chi connectivity index (χ3v) is 4.09. The Bertz CT molecular complexity index is 479. The molecule has 0 aliphatic carbocycles. The summed E-state index contributed by atoms with van der Waals surface area (Å²) in [6, 6.07) is 5.40. The van der Waals surface area contributed by atoms with Crippen LogP contribution in [0.2, 0.25) is 10.0 Å². The SMILES string of the molecule is CC1CN(C)CCN1CC(=O)c1ccc(Cl)cc1Cl. The van der Waals surface area contributed by atoms with Crippen LogP contribution >= 0.6 is 23.2 Å². The molecule has 104 valence electrons. The zero-order valence-corrected chi connectivity index (χ0v) is 12.7. The van der Waals surface area contributed by atoms with Crippen molar-refractivity contribution in [2.45, 2.75) is 13.0 Å². The number of hydrogen-bond donors (Lipinski definition) is 0. The van der Waals surface area contributed by atoms with E-state index < -0.39 is 0 Å². The minimum Gasteiger partial charge on any atom is -0.304 e. The maximum absolute atomic E-state index is 12.3. The van der Waals surface area contributed by atoms with E-state index in [1.54, 1.807) is 18.2 Å². The first-order chi connectivity index (χ1) is 8.97. The highest BCUT2D eigenvalue weighted by atomic mass is 35.5. The quantitative estimate of drug-likeness (QED) is 0.802. The van der Waals surface area contributed by atoms with Crippen LogP contribution in [-0.4, -0.2) is 54.9 Å². The number of carbonyl (C=O) groups excluding carboxylic acids is 1. The molecule has 1 saturated heterocycles. The van der Waals surface area contributed by atoms with Gasteiger partial charge in [0.05, 0.1) is 11.6 Å². The fraction of sp³-hybridized carbons (Fsp3) is 0.500. The fourth-order valence-corrected chi connectivity index (χ4v) is 2.91. The summed E-state index contributed by atoms with van der Waals surface area (Å²) in [6.07, 6.45) is 0. The lowest BCUT2D eigenvalue weighted by atomic mass is 10.1. The van der Waals surface area contributed by atoms with Gasteiger partial charge in [-0.15, -0.1) is 0 Å². The van der Waals surface area contributed by atoms with Crippen molar-refractivity contribution in [3.63, 3.8) is 0 Å². The van der Waals surface area contributed by atoms with Crippen molar-refractivity contribution in [3.05, 3.63) is 33.8 Å². The summed E-state index contributed by atoms with van der Waals surface area (Å²) in [6.45, 7) is 5.45. The molecule has 1 aliphatic heterocycles. The summed E-state index contributed by atoms with van der Waals surface area (Å²) in [4.78, 5) is 16.8. The van der Waals surface area contributed by atoms with Gasteiger partial charge in [-0.1, -0.05) is 23.2 Å². The second kappa shape index (κ2) is 6.23. The number of rotatable bonds is 3. The molecule has 1 heterocycles. The van der Waals surface area contributed by atoms with Crippen molar-refractivity contribution in [3.8, 4) is 0 Å². The summed E-state index contributed by atoms with van der Waals surface area (Å²) in [5, 5.41) is 0.980. The minimum atomic E-state index is 0.0538. The molecule has 1 fully saturated rings. The summed E-state index contributed by atoms with van der Waals surface area (Å²) in [5.41, 5.74) is 0.553. The van der Waals surface area contributed by atoms with Gasteiger partial charge >= 0.3 is 0 Å². The van der Waals surface area contributed by atoms with Crippen LogP contribution in [0, 0.1) is 0 Å². The van der Waals surface area contributed by atoms with E-state index in [1.165, 1.54) is 0 Å². The van der Waals surface area contributed by atoms with Gasteiger partial charge < -0.3 is 4.90 Å². The van der Waals surface area contributed by atoms with Crippen molar-refractivity contribution >= 4 is 29.0 Å².